The van der Waals surface area contributed by atoms with E-state index in [2.05, 4.69) is 21.4 Å². The maximum Gasteiger partial charge on any atom is 0.272 e. The summed E-state index contributed by atoms with van der Waals surface area (Å²) in [6.45, 7) is 4.08. The average molecular weight is 295 g/mol. The van der Waals surface area contributed by atoms with Gasteiger partial charge in [0.2, 0.25) is 5.88 Å². The Hall–Kier alpha value is -2.82. The molecule has 2 N–H and O–H groups in total. The largest absolute Gasteiger partial charge is 0.481 e. The van der Waals surface area contributed by atoms with Crippen molar-refractivity contribution in [2.75, 3.05) is 12.4 Å². The third kappa shape index (κ3) is 2.65. The highest BCUT2D eigenvalue weighted by Crippen LogP contribution is 2.22. The van der Waals surface area contributed by atoms with E-state index in [0.29, 0.717) is 17.3 Å². The smallest absolute Gasteiger partial charge is 0.272 e. The van der Waals surface area contributed by atoms with Crippen LogP contribution in [0.4, 0.5) is 5.69 Å². The molecule has 0 saturated heterocycles. The van der Waals surface area contributed by atoms with E-state index in [1.807, 2.05) is 26.0 Å². The first-order valence-electron chi connectivity index (χ1n) is 6.98. The van der Waals surface area contributed by atoms with E-state index in [1.54, 1.807) is 25.4 Å². The van der Waals surface area contributed by atoms with Gasteiger partial charge in [-0.2, -0.15) is 0 Å². The Morgan fingerprint density at radius 3 is 2.73 bits per heavy atom. The van der Waals surface area contributed by atoms with Crippen LogP contribution in [0.3, 0.4) is 0 Å². The van der Waals surface area contributed by atoms with E-state index >= 15 is 0 Å². The zero-order valence-electron chi connectivity index (χ0n) is 12.7. The predicted octanol–water partition coefficient (Wildman–Crippen LogP) is 3.44. The zero-order chi connectivity index (χ0) is 15.7. The Morgan fingerprint density at radius 2 is 2.05 bits per heavy atom. The van der Waals surface area contributed by atoms with Gasteiger partial charge in [0.1, 0.15) is 5.69 Å². The molecule has 3 aromatic rings. The molecule has 1 amide bonds. The number of carbonyl (C=O) groups is 1. The number of aromatic amines is 1. The fraction of sp³-hybridized carbons (Fsp3) is 0.176. The minimum Gasteiger partial charge on any atom is -0.481 e. The van der Waals surface area contributed by atoms with Crippen LogP contribution in [-0.2, 0) is 0 Å². The minimum atomic E-state index is -0.194. The molecule has 0 atom stereocenters. The third-order valence-corrected chi connectivity index (χ3v) is 3.54. The minimum absolute atomic E-state index is 0.194. The van der Waals surface area contributed by atoms with Gasteiger partial charge in [-0.3, -0.25) is 4.79 Å². The third-order valence-electron chi connectivity index (χ3n) is 3.54. The van der Waals surface area contributed by atoms with Crippen molar-refractivity contribution in [1.82, 2.24) is 9.97 Å². The highest BCUT2D eigenvalue weighted by molar-refractivity contribution is 6.06. The van der Waals surface area contributed by atoms with E-state index in [-0.39, 0.29) is 5.91 Å². The Bertz CT molecular complexity index is 835. The van der Waals surface area contributed by atoms with Crippen LogP contribution in [0.15, 0.2) is 36.5 Å². The summed E-state index contributed by atoms with van der Waals surface area (Å²) >= 11 is 0. The van der Waals surface area contributed by atoms with Crippen molar-refractivity contribution < 1.29 is 9.53 Å². The van der Waals surface area contributed by atoms with Crippen molar-refractivity contribution in [3.8, 4) is 5.88 Å². The summed E-state index contributed by atoms with van der Waals surface area (Å²) in [5.74, 6) is 0.315. The number of aromatic nitrogens is 2. The van der Waals surface area contributed by atoms with Crippen LogP contribution in [0.25, 0.3) is 10.9 Å². The number of nitrogens with one attached hydrogen (secondary N) is 2. The predicted molar refractivity (Wildman–Crippen MR) is 86.5 cm³/mol. The molecule has 22 heavy (non-hydrogen) atoms. The van der Waals surface area contributed by atoms with E-state index in [1.165, 1.54) is 0 Å². The highest BCUT2D eigenvalue weighted by atomic mass is 16.5. The summed E-state index contributed by atoms with van der Waals surface area (Å²) in [6, 6.07) is 9.46. The van der Waals surface area contributed by atoms with Gasteiger partial charge in [0.15, 0.2) is 0 Å². The lowest BCUT2D eigenvalue weighted by atomic mass is 10.1. The fourth-order valence-corrected chi connectivity index (χ4v) is 2.50. The van der Waals surface area contributed by atoms with Gasteiger partial charge in [0.05, 0.1) is 19.0 Å². The molecule has 0 aliphatic heterocycles. The number of hydrogen-bond donors (Lipinski definition) is 2. The quantitative estimate of drug-likeness (QED) is 0.777. The second-order valence-corrected chi connectivity index (χ2v) is 5.27. The fourth-order valence-electron chi connectivity index (χ4n) is 2.50. The SMILES string of the molecule is COc1ccc(NC(=O)c2cc3c(C)cc(C)cc3[nH]2)cn1. The Labute approximate surface area is 128 Å². The normalized spacial score (nSPS) is 10.7. The molecule has 2 aromatic heterocycles. The van der Waals surface area contributed by atoms with Gasteiger partial charge in [-0.15, -0.1) is 0 Å². The summed E-state index contributed by atoms with van der Waals surface area (Å²) in [6.07, 6.45) is 1.56. The second-order valence-electron chi connectivity index (χ2n) is 5.27. The van der Waals surface area contributed by atoms with E-state index in [4.69, 9.17) is 4.74 Å². The second kappa shape index (κ2) is 5.52. The summed E-state index contributed by atoms with van der Waals surface area (Å²) in [7, 11) is 1.55. The zero-order valence-corrected chi connectivity index (χ0v) is 12.7. The molecule has 0 fully saturated rings. The monoisotopic (exact) mass is 295 g/mol. The molecule has 1 aromatic carbocycles. The highest BCUT2D eigenvalue weighted by Gasteiger charge is 2.11. The van der Waals surface area contributed by atoms with E-state index in [0.717, 1.165) is 22.0 Å². The topological polar surface area (TPSA) is 67.0 Å². The molecule has 2 heterocycles. The van der Waals surface area contributed by atoms with Crippen LogP contribution >= 0.6 is 0 Å². The van der Waals surface area contributed by atoms with Gasteiger partial charge in [-0.25, -0.2) is 4.98 Å². The number of methoxy groups -OCH3 is 1. The Kier molecular flexibility index (Phi) is 3.55. The summed E-state index contributed by atoms with van der Waals surface area (Å²) in [4.78, 5) is 19.6. The van der Waals surface area contributed by atoms with Crippen molar-refractivity contribution in [2.24, 2.45) is 0 Å². The number of aryl methyl sites for hydroxylation is 2. The molecule has 0 bridgehead atoms. The number of rotatable bonds is 3. The number of pyridine rings is 1. The molecule has 0 aliphatic carbocycles. The van der Waals surface area contributed by atoms with Crippen molar-refractivity contribution in [1.29, 1.82) is 0 Å². The first-order valence-corrected chi connectivity index (χ1v) is 6.98. The lowest BCUT2D eigenvalue weighted by Crippen LogP contribution is -2.12. The van der Waals surface area contributed by atoms with Crippen LogP contribution in [0.2, 0.25) is 0 Å². The number of hydrogen-bond acceptors (Lipinski definition) is 3. The number of ether oxygens (including phenoxy) is 1. The summed E-state index contributed by atoms with van der Waals surface area (Å²) < 4.78 is 4.99. The molecule has 5 heteroatoms. The van der Waals surface area contributed by atoms with Crippen molar-refractivity contribution in [3.63, 3.8) is 0 Å². The number of H-pyrrole nitrogens is 1. The van der Waals surface area contributed by atoms with Crippen LogP contribution in [0.5, 0.6) is 5.88 Å². The number of carbonyl (C=O) groups excluding carboxylic acids is 1. The molecule has 0 saturated carbocycles. The molecule has 0 spiro atoms. The maximum atomic E-state index is 12.3. The molecular formula is C17H17N3O2. The van der Waals surface area contributed by atoms with Gasteiger partial charge >= 0.3 is 0 Å². The summed E-state index contributed by atoms with van der Waals surface area (Å²) in [5.41, 5.74) is 4.43. The maximum absolute atomic E-state index is 12.3. The lowest BCUT2D eigenvalue weighted by Gasteiger charge is -2.04. The molecule has 5 nitrogen and oxygen atoms in total. The van der Waals surface area contributed by atoms with Gasteiger partial charge in [0.25, 0.3) is 5.91 Å². The van der Waals surface area contributed by atoms with Gasteiger partial charge in [0, 0.05) is 17.0 Å². The van der Waals surface area contributed by atoms with Crippen LogP contribution in [0.1, 0.15) is 21.6 Å². The number of anilines is 1. The van der Waals surface area contributed by atoms with Crippen molar-refractivity contribution >= 4 is 22.5 Å². The van der Waals surface area contributed by atoms with Crippen LogP contribution in [-0.4, -0.2) is 23.0 Å². The Balaban J connectivity index is 1.86. The average Bonchev–Trinajstić information content (AvgIpc) is 2.92. The molecule has 3 rings (SSSR count). The van der Waals surface area contributed by atoms with Crippen LogP contribution < -0.4 is 10.1 Å². The first kappa shape index (κ1) is 14.1. The standard InChI is InChI=1S/C17H17N3O2/c1-10-6-11(2)13-8-15(20-14(13)7-10)17(21)19-12-4-5-16(22-3)18-9-12/h4-9,20H,1-3H3,(H,19,21). The molecule has 112 valence electrons. The summed E-state index contributed by atoms with van der Waals surface area (Å²) in [5, 5.41) is 3.88. The Morgan fingerprint density at radius 1 is 1.23 bits per heavy atom. The van der Waals surface area contributed by atoms with Crippen molar-refractivity contribution in [3.05, 3.63) is 53.3 Å². The number of amides is 1. The van der Waals surface area contributed by atoms with Gasteiger partial charge < -0.3 is 15.0 Å². The van der Waals surface area contributed by atoms with Gasteiger partial charge in [-0.05, 0) is 43.2 Å². The molecule has 0 radical (unpaired) electrons. The number of benzene rings is 1. The lowest BCUT2D eigenvalue weighted by molar-refractivity contribution is 0.102. The van der Waals surface area contributed by atoms with Crippen LogP contribution in [0, 0.1) is 13.8 Å². The number of fused-ring (bicyclic) bond motifs is 1. The van der Waals surface area contributed by atoms with Gasteiger partial charge in [-0.1, -0.05) is 6.07 Å². The molecular weight excluding hydrogens is 278 g/mol. The number of nitrogens with zero attached hydrogens (tertiary/aromatic N) is 1. The molecule has 0 aliphatic rings. The van der Waals surface area contributed by atoms with E-state index in [9.17, 15) is 4.79 Å². The molecule has 0 unspecified atom stereocenters. The first-order chi connectivity index (χ1) is 10.6. The van der Waals surface area contributed by atoms with Crippen molar-refractivity contribution in [2.45, 2.75) is 13.8 Å². The van der Waals surface area contributed by atoms with E-state index < -0.39 is 0 Å².